The van der Waals surface area contributed by atoms with Gasteiger partial charge in [0.05, 0.1) is 13.2 Å². The van der Waals surface area contributed by atoms with Crippen molar-refractivity contribution in [2.45, 2.75) is 6.42 Å². The van der Waals surface area contributed by atoms with Gasteiger partial charge in [-0.05, 0) is 30.2 Å². The third-order valence-corrected chi connectivity index (χ3v) is 4.39. The number of guanidine groups is 1. The van der Waals surface area contributed by atoms with Crippen LogP contribution in [-0.4, -0.2) is 88.2 Å². The van der Waals surface area contributed by atoms with Crippen LogP contribution in [0.3, 0.4) is 0 Å². The van der Waals surface area contributed by atoms with Gasteiger partial charge in [0.15, 0.2) is 5.96 Å². The van der Waals surface area contributed by atoms with E-state index in [2.05, 4.69) is 20.5 Å². The van der Waals surface area contributed by atoms with Crippen LogP contribution in [0.1, 0.15) is 5.56 Å². The molecule has 1 aromatic rings. The highest BCUT2D eigenvalue weighted by atomic mass is 127. The summed E-state index contributed by atoms with van der Waals surface area (Å²) in [5.74, 6) is -0.555. The van der Waals surface area contributed by atoms with Crippen molar-refractivity contribution in [3.05, 3.63) is 35.4 Å². The summed E-state index contributed by atoms with van der Waals surface area (Å²) < 4.78 is 32.4. The third kappa shape index (κ3) is 9.68. The summed E-state index contributed by atoms with van der Waals surface area (Å²) in [4.78, 5) is 19.8. The lowest BCUT2D eigenvalue weighted by atomic mass is 10.1. The molecule has 1 aliphatic heterocycles. The van der Waals surface area contributed by atoms with E-state index in [9.17, 15) is 13.6 Å². The van der Waals surface area contributed by atoms with Crippen LogP contribution in [-0.2, 0) is 16.0 Å². The lowest BCUT2D eigenvalue weighted by Crippen LogP contribution is -2.45. The van der Waals surface area contributed by atoms with Crippen molar-refractivity contribution in [3.63, 3.8) is 0 Å². The Hall–Kier alpha value is -1.53. The number of morpholine rings is 1. The SMILES string of the molecule is CN(C)C(=O)CN=C(NCCc1cc(F)ccc1F)NCCN1CCOCC1.I. The number of amides is 1. The third-order valence-electron chi connectivity index (χ3n) is 4.39. The first kappa shape index (κ1) is 25.5. The number of benzene rings is 1. The molecule has 1 aromatic carbocycles. The lowest BCUT2D eigenvalue weighted by Gasteiger charge is -2.26. The van der Waals surface area contributed by atoms with E-state index in [1.54, 1.807) is 14.1 Å². The maximum atomic E-state index is 13.7. The van der Waals surface area contributed by atoms with Crippen LogP contribution in [0.25, 0.3) is 0 Å². The van der Waals surface area contributed by atoms with Gasteiger partial charge in [0, 0.05) is 46.8 Å². The fraction of sp³-hybridized carbons (Fsp3) is 0.579. The van der Waals surface area contributed by atoms with E-state index in [0.29, 0.717) is 31.0 Å². The van der Waals surface area contributed by atoms with Crippen LogP contribution in [0.4, 0.5) is 8.78 Å². The standard InChI is InChI=1S/C19H29F2N5O2.HI/c1-25(2)18(27)14-24-19(23-7-8-26-9-11-28-12-10-26)22-6-5-15-13-16(20)3-4-17(15)21;/h3-4,13H,5-12,14H2,1-2H3,(H2,22,23,24);1H. The van der Waals surface area contributed by atoms with Gasteiger partial charge in [-0.3, -0.25) is 9.69 Å². The van der Waals surface area contributed by atoms with Crippen molar-refractivity contribution in [2.24, 2.45) is 4.99 Å². The number of halogens is 3. The molecule has 10 heteroatoms. The zero-order chi connectivity index (χ0) is 20.4. The molecule has 0 bridgehead atoms. The minimum atomic E-state index is -0.467. The zero-order valence-electron chi connectivity index (χ0n) is 16.9. The van der Waals surface area contributed by atoms with Crippen molar-refractivity contribution in [1.82, 2.24) is 20.4 Å². The van der Waals surface area contributed by atoms with Crippen LogP contribution in [0.2, 0.25) is 0 Å². The van der Waals surface area contributed by atoms with Crippen molar-refractivity contribution in [1.29, 1.82) is 0 Å². The summed E-state index contributed by atoms with van der Waals surface area (Å²) in [5.41, 5.74) is 0.296. The smallest absolute Gasteiger partial charge is 0.243 e. The van der Waals surface area contributed by atoms with Crippen LogP contribution < -0.4 is 10.6 Å². The van der Waals surface area contributed by atoms with E-state index in [4.69, 9.17) is 4.74 Å². The molecule has 0 spiro atoms. The van der Waals surface area contributed by atoms with Gasteiger partial charge in [0.1, 0.15) is 18.2 Å². The molecule has 0 unspecified atom stereocenters. The predicted molar refractivity (Wildman–Crippen MR) is 120 cm³/mol. The Morgan fingerprint density at radius 1 is 1.21 bits per heavy atom. The molecular weight excluding hydrogens is 495 g/mol. The Kier molecular flexibility index (Phi) is 12.0. The normalized spacial score (nSPS) is 14.8. The summed E-state index contributed by atoms with van der Waals surface area (Å²) in [6.07, 6.45) is 0.301. The molecule has 164 valence electrons. The maximum absolute atomic E-state index is 13.7. The van der Waals surface area contributed by atoms with E-state index in [0.717, 1.165) is 45.0 Å². The van der Waals surface area contributed by atoms with E-state index in [1.165, 1.54) is 11.0 Å². The molecule has 1 amide bonds. The molecular formula is C19H30F2IN5O2. The maximum Gasteiger partial charge on any atom is 0.243 e. The number of nitrogens with zero attached hydrogens (tertiary/aromatic N) is 3. The summed E-state index contributed by atoms with van der Waals surface area (Å²) in [5, 5.41) is 6.27. The molecule has 0 aliphatic carbocycles. The fourth-order valence-corrected chi connectivity index (χ4v) is 2.67. The molecule has 0 saturated carbocycles. The first-order chi connectivity index (χ1) is 13.5. The van der Waals surface area contributed by atoms with Crippen molar-refractivity contribution in [2.75, 3.05) is 66.6 Å². The Bertz CT molecular complexity index is 670. The number of nitrogens with one attached hydrogen (secondary N) is 2. The summed E-state index contributed by atoms with van der Waals surface area (Å²) >= 11 is 0. The van der Waals surface area contributed by atoms with E-state index in [1.807, 2.05) is 0 Å². The first-order valence-electron chi connectivity index (χ1n) is 9.42. The van der Waals surface area contributed by atoms with Crippen molar-refractivity contribution >= 4 is 35.8 Å². The fourth-order valence-electron chi connectivity index (χ4n) is 2.67. The Morgan fingerprint density at radius 3 is 2.59 bits per heavy atom. The minimum absolute atomic E-state index is 0. The summed E-state index contributed by atoms with van der Waals surface area (Å²) in [6.45, 7) is 5.08. The van der Waals surface area contributed by atoms with Crippen molar-refractivity contribution < 1.29 is 18.3 Å². The number of carbonyl (C=O) groups excluding carboxylic acids is 1. The minimum Gasteiger partial charge on any atom is -0.379 e. The predicted octanol–water partition coefficient (Wildman–Crippen LogP) is 1.08. The van der Waals surface area contributed by atoms with Gasteiger partial charge in [0.2, 0.25) is 5.91 Å². The largest absolute Gasteiger partial charge is 0.379 e. The number of likely N-dealkylation sites (N-methyl/N-ethyl adjacent to an activating group) is 1. The molecule has 29 heavy (non-hydrogen) atoms. The van der Waals surface area contributed by atoms with Crippen LogP contribution in [0, 0.1) is 11.6 Å². The lowest BCUT2D eigenvalue weighted by molar-refractivity contribution is -0.127. The van der Waals surface area contributed by atoms with Gasteiger partial charge in [-0.25, -0.2) is 13.8 Å². The molecule has 7 nitrogen and oxygen atoms in total. The topological polar surface area (TPSA) is 69.2 Å². The molecule has 1 heterocycles. The highest BCUT2D eigenvalue weighted by Gasteiger charge is 2.11. The zero-order valence-corrected chi connectivity index (χ0v) is 19.2. The summed E-state index contributed by atoms with van der Waals surface area (Å²) in [6, 6.07) is 3.41. The van der Waals surface area contributed by atoms with Gasteiger partial charge < -0.3 is 20.3 Å². The average molecular weight is 525 g/mol. The second kappa shape index (κ2) is 13.6. The molecule has 2 rings (SSSR count). The monoisotopic (exact) mass is 525 g/mol. The Balaban J connectivity index is 0.00000420. The number of hydrogen-bond acceptors (Lipinski definition) is 4. The molecule has 1 saturated heterocycles. The van der Waals surface area contributed by atoms with E-state index in [-0.39, 0.29) is 36.4 Å². The quantitative estimate of drug-likeness (QED) is 0.302. The van der Waals surface area contributed by atoms with Gasteiger partial charge in [-0.15, -0.1) is 24.0 Å². The Morgan fingerprint density at radius 2 is 1.90 bits per heavy atom. The average Bonchev–Trinajstić information content (AvgIpc) is 2.68. The van der Waals surface area contributed by atoms with Crippen LogP contribution in [0.5, 0.6) is 0 Å². The second-order valence-electron chi connectivity index (χ2n) is 6.75. The van der Waals surface area contributed by atoms with Crippen molar-refractivity contribution in [3.8, 4) is 0 Å². The van der Waals surface area contributed by atoms with Gasteiger partial charge in [-0.1, -0.05) is 0 Å². The first-order valence-corrected chi connectivity index (χ1v) is 9.42. The van der Waals surface area contributed by atoms with Crippen LogP contribution >= 0.6 is 24.0 Å². The molecule has 0 aromatic heterocycles. The van der Waals surface area contributed by atoms with E-state index < -0.39 is 11.6 Å². The number of aliphatic imine (C=N–C) groups is 1. The number of ether oxygens (including phenoxy) is 1. The summed E-state index contributed by atoms with van der Waals surface area (Å²) in [7, 11) is 3.34. The number of rotatable bonds is 8. The van der Waals surface area contributed by atoms with Crippen LogP contribution in [0.15, 0.2) is 23.2 Å². The number of carbonyl (C=O) groups is 1. The van der Waals surface area contributed by atoms with Gasteiger partial charge in [0.25, 0.3) is 0 Å². The second-order valence-corrected chi connectivity index (χ2v) is 6.75. The molecule has 2 N–H and O–H groups in total. The van der Waals surface area contributed by atoms with Gasteiger partial charge >= 0.3 is 0 Å². The number of hydrogen-bond donors (Lipinski definition) is 2. The van der Waals surface area contributed by atoms with E-state index >= 15 is 0 Å². The molecule has 1 aliphatic rings. The van der Waals surface area contributed by atoms with Gasteiger partial charge in [-0.2, -0.15) is 0 Å². The Labute approximate surface area is 187 Å². The molecule has 0 atom stereocenters. The molecule has 1 fully saturated rings. The molecule has 0 radical (unpaired) electrons. The highest BCUT2D eigenvalue weighted by molar-refractivity contribution is 14.0. The highest BCUT2D eigenvalue weighted by Crippen LogP contribution is 2.09.